The topological polar surface area (TPSA) is 21.3 Å². The van der Waals surface area contributed by atoms with Crippen molar-refractivity contribution in [3.05, 3.63) is 51.7 Å². The highest BCUT2D eigenvalue weighted by atomic mass is 32.1. The average Bonchev–Trinajstić information content (AvgIpc) is 3.12. The Kier molecular flexibility index (Phi) is 5.74. The Bertz CT molecular complexity index is 608. The highest BCUT2D eigenvalue weighted by Gasteiger charge is 2.24. The largest absolute Gasteiger partial charge is 0.497 e. The second kappa shape index (κ2) is 7.98. The number of thiophene rings is 1. The minimum Gasteiger partial charge on any atom is -0.497 e. The maximum atomic E-state index is 5.40. The Morgan fingerprint density at radius 3 is 3.00 bits per heavy atom. The Morgan fingerprint density at radius 2 is 2.26 bits per heavy atom. The summed E-state index contributed by atoms with van der Waals surface area (Å²) < 4.78 is 5.40. The first kappa shape index (κ1) is 16.5. The molecule has 124 valence electrons. The molecule has 1 heterocycles. The highest BCUT2D eigenvalue weighted by Crippen LogP contribution is 2.39. The maximum Gasteiger partial charge on any atom is 0.119 e. The van der Waals surface area contributed by atoms with E-state index in [1.165, 1.54) is 36.8 Å². The number of hydrogen-bond donors (Lipinski definition) is 1. The first-order chi connectivity index (χ1) is 11.3. The van der Waals surface area contributed by atoms with Gasteiger partial charge in [0.05, 0.1) is 7.11 Å². The lowest BCUT2D eigenvalue weighted by Gasteiger charge is -2.29. The van der Waals surface area contributed by atoms with Crippen LogP contribution in [0.5, 0.6) is 5.75 Å². The first-order valence-electron chi connectivity index (χ1n) is 8.71. The van der Waals surface area contributed by atoms with Gasteiger partial charge in [0.15, 0.2) is 0 Å². The Morgan fingerprint density at radius 1 is 1.35 bits per heavy atom. The van der Waals surface area contributed by atoms with E-state index in [0.29, 0.717) is 11.8 Å². The molecule has 2 nitrogen and oxygen atoms in total. The number of fused-ring (bicyclic) bond motifs is 1. The van der Waals surface area contributed by atoms with E-state index in [4.69, 9.17) is 4.74 Å². The molecule has 1 aliphatic rings. The molecule has 2 aromatic rings. The lowest BCUT2D eigenvalue weighted by Crippen LogP contribution is -2.23. The summed E-state index contributed by atoms with van der Waals surface area (Å²) in [7, 11) is 1.76. The molecule has 2 unspecified atom stereocenters. The van der Waals surface area contributed by atoms with E-state index in [0.717, 1.165) is 18.8 Å². The van der Waals surface area contributed by atoms with E-state index < -0.39 is 0 Å². The molecule has 0 radical (unpaired) electrons. The SMILES string of the molecule is CCNCC(CC1CCCc2cc(OC)ccc21)c1ccsc1. The van der Waals surface area contributed by atoms with Crippen LogP contribution >= 0.6 is 11.3 Å². The summed E-state index contributed by atoms with van der Waals surface area (Å²) in [6, 6.07) is 8.97. The standard InChI is InChI=1S/C20H27NOS/c1-3-21-13-18(17-9-10-23-14-17)11-15-5-4-6-16-12-19(22-2)7-8-20(15)16/h7-10,12,14-15,18,21H,3-6,11,13H2,1-2H3. The van der Waals surface area contributed by atoms with Crippen molar-refractivity contribution in [3.8, 4) is 5.75 Å². The van der Waals surface area contributed by atoms with Gasteiger partial charge in [-0.15, -0.1) is 0 Å². The number of ether oxygens (including phenoxy) is 1. The monoisotopic (exact) mass is 329 g/mol. The van der Waals surface area contributed by atoms with Gasteiger partial charge < -0.3 is 10.1 Å². The lowest BCUT2D eigenvalue weighted by atomic mass is 9.77. The molecule has 0 fully saturated rings. The third-order valence-electron chi connectivity index (χ3n) is 5.01. The van der Waals surface area contributed by atoms with Crippen molar-refractivity contribution < 1.29 is 4.74 Å². The van der Waals surface area contributed by atoms with E-state index in [1.54, 1.807) is 12.7 Å². The van der Waals surface area contributed by atoms with Gasteiger partial charge in [-0.3, -0.25) is 0 Å². The molecular weight excluding hydrogens is 302 g/mol. The summed E-state index contributed by atoms with van der Waals surface area (Å²) in [4.78, 5) is 0. The molecule has 0 saturated carbocycles. The van der Waals surface area contributed by atoms with Gasteiger partial charge in [-0.05, 0) is 89.7 Å². The molecule has 2 atom stereocenters. The van der Waals surface area contributed by atoms with E-state index >= 15 is 0 Å². The van der Waals surface area contributed by atoms with Gasteiger partial charge in [0, 0.05) is 6.54 Å². The first-order valence-corrected chi connectivity index (χ1v) is 9.65. The van der Waals surface area contributed by atoms with E-state index in [2.05, 4.69) is 47.3 Å². The quantitative estimate of drug-likeness (QED) is 0.775. The van der Waals surface area contributed by atoms with Crippen molar-refractivity contribution in [2.24, 2.45) is 0 Å². The second-order valence-electron chi connectivity index (χ2n) is 6.45. The molecular formula is C20H27NOS. The van der Waals surface area contributed by atoms with Crippen molar-refractivity contribution in [2.45, 2.75) is 44.4 Å². The molecule has 3 heteroatoms. The zero-order valence-electron chi connectivity index (χ0n) is 14.2. The van der Waals surface area contributed by atoms with Crippen LogP contribution in [0.25, 0.3) is 0 Å². The van der Waals surface area contributed by atoms with E-state index in [9.17, 15) is 0 Å². The Labute approximate surface area is 143 Å². The normalized spacial score (nSPS) is 18.4. The van der Waals surface area contributed by atoms with Gasteiger partial charge in [0.2, 0.25) is 0 Å². The van der Waals surface area contributed by atoms with Crippen LogP contribution in [0.3, 0.4) is 0 Å². The number of methoxy groups -OCH3 is 1. The molecule has 23 heavy (non-hydrogen) atoms. The maximum absolute atomic E-state index is 5.40. The minimum atomic E-state index is 0.610. The third kappa shape index (κ3) is 3.96. The summed E-state index contributed by atoms with van der Waals surface area (Å²) in [6.45, 7) is 4.31. The van der Waals surface area contributed by atoms with Crippen molar-refractivity contribution >= 4 is 11.3 Å². The second-order valence-corrected chi connectivity index (χ2v) is 7.23. The number of aryl methyl sites for hydroxylation is 1. The van der Waals surface area contributed by atoms with Gasteiger partial charge in [-0.1, -0.05) is 13.0 Å². The van der Waals surface area contributed by atoms with Crippen LogP contribution in [0, 0.1) is 0 Å². The minimum absolute atomic E-state index is 0.610. The fourth-order valence-electron chi connectivity index (χ4n) is 3.77. The summed E-state index contributed by atoms with van der Waals surface area (Å²) in [5, 5.41) is 8.07. The fourth-order valence-corrected chi connectivity index (χ4v) is 4.51. The van der Waals surface area contributed by atoms with Gasteiger partial charge in [0.25, 0.3) is 0 Å². The zero-order valence-corrected chi connectivity index (χ0v) is 15.0. The Balaban J connectivity index is 1.79. The van der Waals surface area contributed by atoms with Crippen LogP contribution in [0.2, 0.25) is 0 Å². The smallest absolute Gasteiger partial charge is 0.119 e. The van der Waals surface area contributed by atoms with Crippen molar-refractivity contribution in [3.63, 3.8) is 0 Å². The van der Waals surface area contributed by atoms with Gasteiger partial charge in [-0.25, -0.2) is 0 Å². The van der Waals surface area contributed by atoms with Gasteiger partial charge >= 0.3 is 0 Å². The molecule has 0 amide bonds. The third-order valence-corrected chi connectivity index (χ3v) is 5.71. The van der Waals surface area contributed by atoms with Crippen LogP contribution in [-0.4, -0.2) is 20.2 Å². The Hall–Kier alpha value is -1.32. The summed E-state index contributed by atoms with van der Waals surface area (Å²) in [5.74, 6) is 2.28. The molecule has 0 aliphatic heterocycles. The van der Waals surface area contributed by atoms with Crippen LogP contribution in [0.1, 0.15) is 54.7 Å². The summed E-state index contributed by atoms with van der Waals surface area (Å²) in [6.07, 6.45) is 5.04. The number of likely N-dealkylation sites (N-methyl/N-ethyl adjacent to an activating group) is 1. The van der Waals surface area contributed by atoms with Crippen LogP contribution in [0.15, 0.2) is 35.0 Å². The number of nitrogens with one attached hydrogen (secondary N) is 1. The predicted octanol–water partition coefficient (Wildman–Crippen LogP) is 4.96. The number of hydrogen-bond acceptors (Lipinski definition) is 3. The molecule has 1 aromatic heterocycles. The van der Waals surface area contributed by atoms with Crippen LogP contribution in [-0.2, 0) is 6.42 Å². The van der Waals surface area contributed by atoms with Crippen LogP contribution < -0.4 is 10.1 Å². The summed E-state index contributed by atoms with van der Waals surface area (Å²) >= 11 is 1.81. The number of benzene rings is 1. The van der Waals surface area contributed by atoms with E-state index in [-0.39, 0.29) is 0 Å². The molecule has 1 aliphatic carbocycles. The molecule has 0 spiro atoms. The zero-order chi connectivity index (χ0) is 16.1. The lowest BCUT2D eigenvalue weighted by molar-refractivity contribution is 0.411. The van der Waals surface area contributed by atoms with Crippen molar-refractivity contribution in [1.82, 2.24) is 5.32 Å². The summed E-state index contributed by atoms with van der Waals surface area (Å²) in [5.41, 5.74) is 4.54. The highest BCUT2D eigenvalue weighted by molar-refractivity contribution is 7.07. The molecule has 1 N–H and O–H groups in total. The van der Waals surface area contributed by atoms with Gasteiger partial charge in [-0.2, -0.15) is 11.3 Å². The number of rotatable bonds is 7. The molecule has 3 rings (SSSR count). The van der Waals surface area contributed by atoms with Crippen molar-refractivity contribution in [1.29, 1.82) is 0 Å². The predicted molar refractivity (Wildman–Crippen MR) is 98.9 cm³/mol. The van der Waals surface area contributed by atoms with Crippen LogP contribution in [0.4, 0.5) is 0 Å². The molecule has 0 bridgehead atoms. The molecule has 1 aromatic carbocycles. The molecule has 0 saturated heterocycles. The average molecular weight is 330 g/mol. The van der Waals surface area contributed by atoms with Gasteiger partial charge in [0.1, 0.15) is 5.75 Å². The van der Waals surface area contributed by atoms with E-state index in [1.807, 2.05) is 11.3 Å². The fraction of sp³-hybridized carbons (Fsp3) is 0.500. The van der Waals surface area contributed by atoms with Crippen molar-refractivity contribution in [2.75, 3.05) is 20.2 Å².